The first kappa shape index (κ1) is 19.6. The lowest BCUT2D eigenvalue weighted by molar-refractivity contribution is -0.118. The number of ether oxygens (including phenoxy) is 1. The lowest BCUT2D eigenvalue weighted by Crippen LogP contribution is -2.24. The van der Waals surface area contributed by atoms with Crippen molar-refractivity contribution in [3.8, 4) is 5.75 Å². The van der Waals surface area contributed by atoms with Crippen LogP contribution in [-0.4, -0.2) is 28.7 Å². The van der Waals surface area contributed by atoms with Crippen molar-refractivity contribution in [1.82, 2.24) is 15.3 Å². The zero-order valence-electron chi connectivity index (χ0n) is 16.0. The Labute approximate surface area is 167 Å². The molecule has 0 atom stereocenters. The zero-order valence-corrected chi connectivity index (χ0v) is 17.6. The third kappa shape index (κ3) is 4.59. The fraction of sp³-hybridized carbons (Fsp3) is 0.350. The number of rotatable bonds is 7. The second-order valence-corrected chi connectivity index (χ2v) is 8.34. The van der Waals surface area contributed by atoms with E-state index in [2.05, 4.69) is 29.1 Å². The van der Waals surface area contributed by atoms with Gasteiger partial charge in [-0.25, -0.2) is 9.97 Å². The minimum atomic E-state index is -0.00904. The van der Waals surface area contributed by atoms with Crippen molar-refractivity contribution in [3.05, 3.63) is 46.1 Å². The van der Waals surface area contributed by atoms with E-state index in [1.54, 1.807) is 18.4 Å². The van der Waals surface area contributed by atoms with Crippen molar-refractivity contribution in [2.24, 2.45) is 0 Å². The van der Waals surface area contributed by atoms with Crippen LogP contribution in [0.1, 0.15) is 28.8 Å². The number of benzene rings is 1. The molecular formula is C20H23N3O2S2. The molecule has 1 aromatic carbocycles. The molecule has 0 saturated heterocycles. The van der Waals surface area contributed by atoms with Crippen molar-refractivity contribution in [1.29, 1.82) is 0 Å². The number of methoxy groups -OCH3 is 1. The minimum absolute atomic E-state index is 0.00904. The number of thioether (sulfide) groups is 1. The van der Waals surface area contributed by atoms with E-state index in [-0.39, 0.29) is 5.91 Å². The number of amides is 1. The predicted molar refractivity (Wildman–Crippen MR) is 112 cm³/mol. The number of hydrogen-bond acceptors (Lipinski definition) is 6. The van der Waals surface area contributed by atoms with Crippen molar-refractivity contribution in [2.75, 3.05) is 12.9 Å². The van der Waals surface area contributed by atoms with Gasteiger partial charge in [0.05, 0.1) is 12.9 Å². The average Bonchev–Trinajstić information content (AvgIpc) is 2.98. The number of hydrogen-bond donors (Lipinski definition) is 1. The summed E-state index contributed by atoms with van der Waals surface area (Å²) >= 11 is 3.17. The van der Waals surface area contributed by atoms with E-state index in [4.69, 9.17) is 4.74 Å². The van der Waals surface area contributed by atoms with E-state index in [0.29, 0.717) is 12.3 Å². The number of nitrogens with zero attached hydrogens (tertiary/aromatic N) is 2. The third-order valence-electron chi connectivity index (χ3n) is 4.35. The van der Waals surface area contributed by atoms with Gasteiger partial charge in [-0.1, -0.05) is 30.8 Å². The summed E-state index contributed by atoms with van der Waals surface area (Å²) in [4.78, 5) is 23.9. The lowest BCUT2D eigenvalue weighted by atomic mass is 10.2. The highest BCUT2D eigenvalue weighted by atomic mass is 32.2. The Morgan fingerprint density at radius 1 is 1.22 bits per heavy atom. The monoisotopic (exact) mass is 401 g/mol. The standard InChI is InChI=1S/C20H23N3O2S2/c1-5-16-22-19(18-12(2)13(3)27-20(18)23-16)26-11-17(24)21-10-14-6-8-15(25-4)9-7-14/h6-9H,5,10-11H2,1-4H3,(H,21,24). The summed E-state index contributed by atoms with van der Waals surface area (Å²) < 4.78 is 5.15. The number of aromatic nitrogens is 2. The molecule has 7 heteroatoms. The summed E-state index contributed by atoms with van der Waals surface area (Å²) in [7, 11) is 1.64. The predicted octanol–water partition coefficient (Wildman–Crippen LogP) is 4.29. The lowest BCUT2D eigenvalue weighted by Gasteiger charge is -2.08. The van der Waals surface area contributed by atoms with Gasteiger partial charge in [0.25, 0.3) is 0 Å². The van der Waals surface area contributed by atoms with Crippen LogP contribution in [0.3, 0.4) is 0 Å². The van der Waals surface area contributed by atoms with Crippen molar-refractivity contribution in [2.45, 2.75) is 38.8 Å². The normalized spacial score (nSPS) is 11.0. The zero-order chi connectivity index (χ0) is 19.4. The average molecular weight is 402 g/mol. The molecule has 0 saturated carbocycles. The fourth-order valence-electron chi connectivity index (χ4n) is 2.65. The Balaban J connectivity index is 1.65. The molecule has 0 radical (unpaired) electrons. The maximum absolute atomic E-state index is 12.3. The Hall–Kier alpha value is -2.12. The van der Waals surface area contributed by atoms with Gasteiger partial charge in [-0.3, -0.25) is 4.79 Å². The Morgan fingerprint density at radius 3 is 2.63 bits per heavy atom. The molecule has 5 nitrogen and oxygen atoms in total. The van der Waals surface area contributed by atoms with E-state index in [9.17, 15) is 4.79 Å². The SMILES string of the molecule is CCc1nc(SCC(=O)NCc2ccc(OC)cc2)c2c(C)c(C)sc2n1. The van der Waals surface area contributed by atoms with Crippen LogP contribution in [0.5, 0.6) is 5.75 Å². The second kappa shape index (κ2) is 8.71. The molecule has 1 N–H and O–H groups in total. The van der Waals surface area contributed by atoms with Crippen LogP contribution in [-0.2, 0) is 17.8 Å². The number of nitrogens with one attached hydrogen (secondary N) is 1. The van der Waals surface area contributed by atoms with Gasteiger partial charge in [0.15, 0.2) is 0 Å². The molecule has 0 bridgehead atoms. The van der Waals surface area contributed by atoms with Crippen LogP contribution in [0.15, 0.2) is 29.3 Å². The summed E-state index contributed by atoms with van der Waals surface area (Å²) in [6.07, 6.45) is 0.781. The van der Waals surface area contributed by atoms with Crippen LogP contribution < -0.4 is 10.1 Å². The summed E-state index contributed by atoms with van der Waals surface area (Å²) in [6, 6.07) is 7.68. The minimum Gasteiger partial charge on any atom is -0.497 e. The summed E-state index contributed by atoms with van der Waals surface area (Å²) in [6.45, 7) is 6.74. The maximum Gasteiger partial charge on any atom is 0.230 e. The van der Waals surface area contributed by atoms with Gasteiger partial charge in [-0.15, -0.1) is 11.3 Å². The highest BCUT2D eigenvalue weighted by Crippen LogP contribution is 2.35. The van der Waals surface area contributed by atoms with E-state index in [1.807, 2.05) is 31.2 Å². The summed E-state index contributed by atoms with van der Waals surface area (Å²) in [5.41, 5.74) is 2.25. The topological polar surface area (TPSA) is 64.1 Å². The molecule has 0 aliphatic carbocycles. The van der Waals surface area contributed by atoms with E-state index < -0.39 is 0 Å². The van der Waals surface area contributed by atoms with Gasteiger partial charge in [-0.2, -0.15) is 0 Å². The van der Waals surface area contributed by atoms with Crippen LogP contribution >= 0.6 is 23.1 Å². The molecule has 0 fully saturated rings. The van der Waals surface area contributed by atoms with E-state index in [1.165, 1.54) is 22.2 Å². The molecule has 2 aromatic heterocycles. The Bertz CT molecular complexity index is 952. The van der Waals surface area contributed by atoms with Gasteiger partial charge in [0.1, 0.15) is 21.4 Å². The molecule has 3 aromatic rings. The van der Waals surface area contributed by atoms with Gasteiger partial charge in [0, 0.05) is 23.2 Å². The molecule has 0 aliphatic rings. The Morgan fingerprint density at radius 2 is 1.96 bits per heavy atom. The smallest absolute Gasteiger partial charge is 0.230 e. The third-order valence-corrected chi connectivity index (χ3v) is 6.42. The first-order valence-corrected chi connectivity index (χ1v) is 10.6. The van der Waals surface area contributed by atoms with Gasteiger partial charge in [0.2, 0.25) is 5.91 Å². The number of carbonyl (C=O) groups is 1. The maximum atomic E-state index is 12.3. The number of carbonyl (C=O) groups excluding carboxylic acids is 1. The van der Waals surface area contributed by atoms with Crippen LogP contribution in [0.25, 0.3) is 10.2 Å². The molecule has 0 unspecified atom stereocenters. The molecule has 3 rings (SSSR count). The van der Waals surface area contributed by atoms with Gasteiger partial charge in [-0.05, 0) is 37.1 Å². The fourth-order valence-corrected chi connectivity index (χ4v) is 4.69. The van der Waals surface area contributed by atoms with E-state index >= 15 is 0 Å². The molecule has 27 heavy (non-hydrogen) atoms. The van der Waals surface area contributed by atoms with Crippen LogP contribution in [0.4, 0.5) is 0 Å². The summed E-state index contributed by atoms with van der Waals surface area (Å²) in [5, 5.41) is 4.95. The molecule has 2 heterocycles. The second-order valence-electron chi connectivity index (χ2n) is 6.18. The van der Waals surface area contributed by atoms with Gasteiger partial charge >= 0.3 is 0 Å². The van der Waals surface area contributed by atoms with E-state index in [0.717, 1.165) is 38.8 Å². The molecule has 1 amide bonds. The molecular weight excluding hydrogens is 378 g/mol. The molecule has 0 aliphatic heterocycles. The van der Waals surface area contributed by atoms with Crippen molar-refractivity contribution in [3.63, 3.8) is 0 Å². The first-order chi connectivity index (χ1) is 13.0. The Kier molecular flexibility index (Phi) is 6.34. The largest absolute Gasteiger partial charge is 0.497 e. The molecule has 0 spiro atoms. The number of thiophene rings is 1. The highest BCUT2D eigenvalue weighted by molar-refractivity contribution is 8.00. The van der Waals surface area contributed by atoms with Gasteiger partial charge < -0.3 is 10.1 Å². The number of aryl methyl sites for hydroxylation is 3. The first-order valence-electron chi connectivity index (χ1n) is 8.80. The highest BCUT2D eigenvalue weighted by Gasteiger charge is 2.15. The quantitative estimate of drug-likeness (QED) is 0.473. The van der Waals surface area contributed by atoms with Crippen molar-refractivity contribution < 1.29 is 9.53 Å². The molecule has 142 valence electrons. The number of fused-ring (bicyclic) bond motifs is 1. The van der Waals surface area contributed by atoms with Crippen molar-refractivity contribution >= 4 is 39.2 Å². The van der Waals surface area contributed by atoms with Crippen LogP contribution in [0, 0.1) is 13.8 Å². The van der Waals surface area contributed by atoms with Crippen LogP contribution in [0.2, 0.25) is 0 Å². The summed E-state index contributed by atoms with van der Waals surface area (Å²) in [5.74, 6) is 1.96.